The van der Waals surface area contributed by atoms with Crippen molar-refractivity contribution in [3.8, 4) is 5.75 Å². The molecule has 0 spiro atoms. The maximum absolute atomic E-state index is 12.3. The van der Waals surface area contributed by atoms with Crippen LogP contribution in [0.5, 0.6) is 5.75 Å². The van der Waals surface area contributed by atoms with Gasteiger partial charge in [-0.3, -0.25) is 4.79 Å². The molecule has 0 fully saturated rings. The Morgan fingerprint density at radius 2 is 2.08 bits per heavy atom. The van der Waals surface area contributed by atoms with Crippen molar-refractivity contribution in [2.75, 3.05) is 13.7 Å². The maximum Gasteiger partial charge on any atom is 0.240 e. The van der Waals surface area contributed by atoms with Crippen molar-refractivity contribution in [2.24, 2.45) is 0 Å². The molecule has 1 N–H and O–H groups in total. The van der Waals surface area contributed by atoms with Crippen LogP contribution >= 0.6 is 0 Å². The summed E-state index contributed by atoms with van der Waals surface area (Å²) in [7, 11) is 1.67. The maximum atomic E-state index is 12.3. The number of nitrogens with zero attached hydrogens (tertiary/aromatic N) is 2. The van der Waals surface area contributed by atoms with E-state index in [1.54, 1.807) is 7.11 Å². The summed E-state index contributed by atoms with van der Waals surface area (Å²) in [6, 6.07) is 7.91. The molecule has 1 aromatic carbocycles. The highest BCUT2D eigenvalue weighted by molar-refractivity contribution is 5.76. The number of ether oxygens (including phenoxy) is 1. The van der Waals surface area contributed by atoms with E-state index in [1.165, 1.54) is 24.2 Å². The minimum atomic E-state index is 0.0405. The van der Waals surface area contributed by atoms with E-state index in [0.717, 1.165) is 36.4 Å². The molecule has 0 saturated heterocycles. The van der Waals surface area contributed by atoms with Gasteiger partial charge >= 0.3 is 0 Å². The van der Waals surface area contributed by atoms with Gasteiger partial charge in [-0.15, -0.1) is 0 Å². The van der Waals surface area contributed by atoms with Crippen LogP contribution in [0.15, 0.2) is 24.3 Å². The second-order valence-electron chi connectivity index (χ2n) is 6.26. The molecule has 0 saturated carbocycles. The Bertz CT molecular complexity index is 721. The number of hydrogen-bond donors (Lipinski definition) is 1. The Kier molecular flexibility index (Phi) is 5.18. The average Bonchev–Trinajstić information content (AvgIpc) is 2.91. The third-order valence-corrected chi connectivity index (χ3v) is 4.63. The molecule has 0 unspecified atom stereocenters. The molecule has 128 valence electrons. The van der Waals surface area contributed by atoms with E-state index < -0.39 is 0 Å². The highest BCUT2D eigenvalue weighted by Gasteiger charge is 2.19. The molecule has 3 rings (SSSR count). The van der Waals surface area contributed by atoms with Gasteiger partial charge in [0.2, 0.25) is 5.91 Å². The van der Waals surface area contributed by atoms with Crippen LogP contribution in [0.25, 0.3) is 0 Å². The monoisotopic (exact) mass is 327 g/mol. The molecule has 0 aliphatic heterocycles. The Hall–Kier alpha value is -2.30. The molecular formula is C19H25N3O2. The van der Waals surface area contributed by atoms with Crippen LogP contribution in [0, 0.1) is 6.92 Å². The predicted molar refractivity (Wildman–Crippen MR) is 93.3 cm³/mol. The van der Waals surface area contributed by atoms with Crippen LogP contribution in [0.4, 0.5) is 0 Å². The van der Waals surface area contributed by atoms with Crippen LogP contribution in [0.3, 0.4) is 0 Å². The van der Waals surface area contributed by atoms with Gasteiger partial charge in [-0.2, -0.15) is 0 Å². The molecular weight excluding hydrogens is 302 g/mol. The fourth-order valence-corrected chi connectivity index (χ4v) is 3.39. The number of nitrogens with one attached hydrogen (secondary N) is 1. The molecule has 0 atom stereocenters. The van der Waals surface area contributed by atoms with Gasteiger partial charge in [0.05, 0.1) is 12.8 Å². The van der Waals surface area contributed by atoms with Crippen molar-refractivity contribution in [1.82, 2.24) is 14.9 Å². The molecule has 1 aromatic heterocycles. The summed E-state index contributed by atoms with van der Waals surface area (Å²) in [5, 5.41) is 3.01. The van der Waals surface area contributed by atoms with Crippen molar-refractivity contribution in [3.63, 3.8) is 0 Å². The first kappa shape index (κ1) is 16.6. The molecule has 2 aromatic rings. The van der Waals surface area contributed by atoms with Crippen LogP contribution < -0.4 is 10.1 Å². The zero-order valence-corrected chi connectivity index (χ0v) is 14.5. The van der Waals surface area contributed by atoms with Gasteiger partial charge in [-0.1, -0.05) is 18.2 Å². The second-order valence-corrected chi connectivity index (χ2v) is 6.26. The second kappa shape index (κ2) is 7.51. The third kappa shape index (κ3) is 3.61. The summed E-state index contributed by atoms with van der Waals surface area (Å²) < 4.78 is 7.42. The Labute approximate surface area is 143 Å². The van der Waals surface area contributed by atoms with Crippen molar-refractivity contribution >= 4 is 5.91 Å². The van der Waals surface area contributed by atoms with Crippen molar-refractivity contribution in [2.45, 2.75) is 45.6 Å². The first-order valence-electron chi connectivity index (χ1n) is 8.62. The first-order valence-corrected chi connectivity index (χ1v) is 8.62. The molecule has 1 heterocycles. The number of imidazole rings is 1. The zero-order valence-electron chi connectivity index (χ0n) is 14.5. The molecule has 5 heteroatoms. The predicted octanol–water partition coefficient (Wildman–Crippen LogP) is 2.44. The fourth-order valence-electron chi connectivity index (χ4n) is 3.39. The summed E-state index contributed by atoms with van der Waals surface area (Å²) in [5.74, 6) is 1.85. The smallest absolute Gasteiger partial charge is 0.240 e. The third-order valence-electron chi connectivity index (χ3n) is 4.63. The Balaban J connectivity index is 1.56. The van der Waals surface area contributed by atoms with E-state index in [2.05, 4.69) is 14.9 Å². The Morgan fingerprint density at radius 3 is 2.92 bits per heavy atom. The number of aromatic nitrogens is 2. The largest absolute Gasteiger partial charge is 0.496 e. The number of benzene rings is 1. The first-order chi connectivity index (χ1) is 11.7. The minimum absolute atomic E-state index is 0.0405. The van der Waals surface area contributed by atoms with Gasteiger partial charge in [-0.25, -0.2) is 4.98 Å². The van der Waals surface area contributed by atoms with E-state index in [0.29, 0.717) is 13.1 Å². The van der Waals surface area contributed by atoms with E-state index in [4.69, 9.17) is 4.74 Å². The van der Waals surface area contributed by atoms with Crippen LogP contribution in [-0.4, -0.2) is 29.1 Å². The highest BCUT2D eigenvalue weighted by atomic mass is 16.5. The van der Waals surface area contributed by atoms with Crippen molar-refractivity contribution in [1.29, 1.82) is 0 Å². The molecule has 1 aliphatic rings. The number of fused-ring (bicyclic) bond motifs is 1. The number of aryl methyl sites for hydroxylation is 2. The number of rotatable bonds is 6. The normalized spacial score (nSPS) is 13.4. The molecule has 24 heavy (non-hydrogen) atoms. The summed E-state index contributed by atoms with van der Waals surface area (Å²) in [5.41, 5.74) is 3.54. The number of carbonyl (C=O) groups is 1. The van der Waals surface area contributed by atoms with Crippen LogP contribution in [0.2, 0.25) is 0 Å². The lowest BCUT2D eigenvalue weighted by Gasteiger charge is -2.15. The van der Waals surface area contributed by atoms with Crippen molar-refractivity contribution < 1.29 is 9.53 Å². The Morgan fingerprint density at radius 1 is 1.29 bits per heavy atom. The van der Waals surface area contributed by atoms with Gasteiger partial charge in [-0.05, 0) is 50.7 Å². The lowest BCUT2D eigenvalue weighted by atomic mass is 10.0. The lowest BCUT2D eigenvalue weighted by Crippen LogP contribution is -2.30. The standard InChI is InChI=1S/C19H25N3O2/c1-14-21-16-8-4-5-9-17(16)22(14)13-19(23)20-12-11-15-7-3-6-10-18(15)24-2/h3,6-7,10H,4-5,8-9,11-13H2,1-2H3,(H,20,23). The van der Waals surface area contributed by atoms with E-state index in [1.807, 2.05) is 31.2 Å². The lowest BCUT2D eigenvalue weighted by molar-refractivity contribution is -0.121. The number of hydrogen-bond acceptors (Lipinski definition) is 3. The van der Waals surface area contributed by atoms with Gasteiger partial charge < -0.3 is 14.6 Å². The fraction of sp³-hybridized carbons (Fsp3) is 0.474. The van der Waals surface area contributed by atoms with Gasteiger partial charge in [0.1, 0.15) is 18.1 Å². The van der Waals surface area contributed by atoms with Gasteiger partial charge in [0.15, 0.2) is 0 Å². The number of amides is 1. The van der Waals surface area contributed by atoms with Crippen LogP contribution in [0.1, 0.15) is 35.6 Å². The zero-order chi connectivity index (χ0) is 16.9. The molecule has 1 amide bonds. The summed E-state index contributed by atoms with van der Waals surface area (Å²) in [4.78, 5) is 16.9. The highest BCUT2D eigenvalue weighted by Crippen LogP contribution is 2.22. The molecule has 0 bridgehead atoms. The quantitative estimate of drug-likeness (QED) is 0.886. The number of methoxy groups -OCH3 is 1. The average molecular weight is 327 g/mol. The van der Waals surface area contributed by atoms with Gasteiger partial charge in [0.25, 0.3) is 0 Å². The summed E-state index contributed by atoms with van der Waals surface area (Å²) >= 11 is 0. The summed E-state index contributed by atoms with van der Waals surface area (Å²) in [6.07, 6.45) is 5.22. The van der Waals surface area contributed by atoms with E-state index >= 15 is 0 Å². The summed E-state index contributed by atoms with van der Waals surface area (Å²) in [6.45, 7) is 2.95. The minimum Gasteiger partial charge on any atom is -0.496 e. The molecule has 0 radical (unpaired) electrons. The van der Waals surface area contributed by atoms with E-state index in [-0.39, 0.29) is 5.91 Å². The molecule has 1 aliphatic carbocycles. The SMILES string of the molecule is COc1ccccc1CCNC(=O)Cn1c(C)nc2c1CCCC2. The molecule has 5 nitrogen and oxygen atoms in total. The van der Waals surface area contributed by atoms with E-state index in [9.17, 15) is 4.79 Å². The number of carbonyl (C=O) groups excluding carboxylic acids is 1. The van der Waals surface area contributed by atoms with Gasteiger partial charge in [0, 0.05) is 12.2 Å². The van der Waals surface area contributed by atoms with Crippen LogP contribution in [-0.2, 0) is 30.6 Å². The number of para-hydroxylation sites is 1. The van der Waals surface area contributed by atoms with Crippen molar-refractivity contribution in [3.05, 3.63) is 47.0 Å². The topological polar surface area (TPSA) is 56.1 Å².